The molecule has 0 radical (unpaired) electrons. The molecule has 2 atom stereocenters. The summed E-state index contributed by atoms with van der Waals surface area (Å²) in [5.74, 6) is -0.306. The van der Waals surface area contributed by atoms with Gasteiger partial charge in [0, 0.05) is 6.04 Å². The van der Waals surface area contributed by atoms with Crippen LogP contribution >= 0.6 is 0 Å². The van der Waals surface area contributed by atoms with Gasteiger partial charge in [-0.2, -0.15) is 0 Å². The molecule has 0 saturated heterocycles. The molecule has 1 aromatic rings. The maximum absolute atomic E-state index is 11.1. The van der Waals surface area contributed by atoms with E-state index in [0.29, 0.717) is 0 Å². The molecule has 18 heavy (non-hydrogen) atoms. The van der Waals surface area contributed by atoms with Crippen LogP contribution in [0.5, 0.6) is 0 Å². The molecule has 0 aliphatic heterocycles. The van der Waals surface area contributed by atoms with Crippen LogP contribution in [0.4, 0.5) is 0 Å². The highest BCUT2D eigenvalue weighted by Crippen LogP contribution is 2.24. The summed E-state index contributed by atoms with van der Waals surface area (Å²) in [5.41, 5.74) is 9.47. The van der Waals surface area contributed by atoms with Crippen molar-refractivity contribution in [2.24, 2.45) is 5.73 Å². The molecule has 0 unspecified atom stereocenters. The first kappa shape index (κ1) is 13.1. The third-order valence-electron chi connectivity index (χ3n) is 3.80. The topological polar surface area (TPSA) is 55.1 Å². The highest BCUT2D eigenvalue weighted by atomic mass is 16.1. The van der Waals surface area contributed by atoms with Gasteiger partial charge in [0.2, 0.25) is 5.91 Å². The van der Waals surface area contributed by atoms with Gasteiger partial charge in [-0.15, -0.1) is 0 Å². The van der Waals surface area contributed by atoms with E-state index in [1.165, 1.54) is 42.4 Å². The summed E-state index contributed by atoms with van der Waals surface area (Å²) in [5, 5.41) is 3.23. The first-order chi connectivity index (χ1) is 8.58. The molecule has 1 aromatic carbocycles. The molecule has 0 saturated carbocycles. The number of hydrogen-bond acceptors (Lipinski definition) is 2. The molecule has 0 bridgehead atoms. The average molecular weight is 246 g/mol. The molecule has 98 valence electrons. The number of nitrogens with two attached hydrogens (primary N) is 1. The van der Waals surface area contributed by atoms with Crippen LogP contribution in [0.15, 0.2) is 18.2 Å². The first-order valence-electron chi connectivity index (χ1n) is 6.75. The van der Waals surface area contributed by atoms with Gasteiger partial charge in [-0.05, 0) is 56.2 Å². The van der Waals surface area contributed by atoms with Gasteiger partial charge in [-0.1, -0.05) is 18.2 Å². The molecular weight excluding hydrogens is 224 g/mol. The summed E-state index contributed by atoms with van der Waals surface area (Å²) in [4.78, 5) is 11.1. The zero-order chi connectivity index (χ0) is 13.1. The summed E-state index contributed by atoms with van der Waals surface area (Å²) in [6, 6.07) is 6.53. The zero-order valence-corrected chi connectivity index (χ0v) is 11.2. The third-order valence-corrected chi connectivity index (χ3v) is 3.80. The highest BCUT2D eigenvalue weighted by molar-refractivity contribution is 5.79. The number of aryl methyl sites for hydroxylation is 2. The highest BCUT2D eigenvalue weighted by Gasteiger charge is 2.15. The molecular formula is C15H22N2O. The monoisotopic (exact) mass is 246 g/mol. The van der Waals surface area contributed by atoms with Crippen molar-refractivity contribution >= 4 is 5.91 Å². The van der Waals surface area contributed by atoms with Crippen molar-refractivity contribution in [3.05, 3.63) is 34.9 Å². The fourth-order valence-electron chi connectivity index (χ4n) is 2.58. The second-order valence-corrected chi connectivity index (χ2v) is 5.25. The van der Waals surface area contributed by atoms with Crippen LogP contribution < -0.4 is 11.1 Å². The Bertz CT molecular complexity index is 442. The van der Waals surface area contributed by atoms with E-state index in [0.717, 1.165) is 0 Å². The summed E-state index contributed by atoms with van der Waals surface area (Å²) >= 11 is 0. The van der Waals surface area contributed by atoms with Gasteiger partial charge in [0.05, 0.1) is 6.04 Å². The minimum Gasteiger partial charge on any atom is -0.368 e. The molecule has 3 N–H and O–H groups in total. The van der Waals surface area contributed by atoms with Gasteiger partial charge in [-0.25, -0.2) is 0 Å². The lowest BCUT2D eigenvalue weighted by molar-refractivity contribution is -0.119. The summed E-state index contributed by atoms with van der Waals surface area (Å²) < 4.78 is 0. The Labute approximate surface area is 109 Å². The Morgan fingerprint density at radius 2 is 1.89 bits per heavy atom. The SMILES string of the molecule is C[C@H](N[C@H](C)c1ccc2c(c1)CCCC2)C(N)=O. The molecule has 1 aliphatic carbocycles. The van der Waals surface area contributed by atoms with Crippen LogP contribution in [-0.2, 0) is 17.6 Å². The second kappa shape index (κ2) is 5.53. The Balaban J connectivity index is 2.11. The van der Waals surface area contributed by atoms with Gasteiger partial charge in [0.1, 0.15) is 0 Å². The summed E-state index contributed by atoms with van der Waals surface area (Å²) in [6.07, 6.45) is 4.98. The largest absolute Gasteiger partial charge is 0.368 e. The Kier molecular flexibility index (Phi) is 4.02. The minimum absolute atomic E-state index is 0.153. The molecule has 3 heteroatoms. The van der Waals surface area contributed by atoms with Crippen molar-refractivity contribution in [1.29, 1.82) is 0 Å². The van der Waals surface area contributed by atoms with Crippen LogP contribution in [0.3, 0.4) is 0 Å². The predicted molar refractivity (Wildman–Crippen MR) is 73.3 cm³/mol. The van der Waals surface area contributed by atoms with Crippen molar-refractivity contribution in [3.8, 4) is 0 Å². The van der Waals surface area contributed by atoms with Gasteiger partial charge in [0.15, 0.2) is 0 Å². The molecule has 2 rings (SSSR count). The third kappa shape index (κ3) is 2.91. The molecule has 3 nitrogen and oxygen atoms in total. The van der Waals surface area contributed by atoms with E-state index in [-0.39, 0.29) is 18.0 Å². The van der Waals surface area contributed by atoms with Crippen LogP contribution in [0, 0.1) is 0 Å². The minimum atomic E-state index is -0.306. The average Bonchev–Trinajstić information content (AvgIpc) is 2.37. The van der Waals surface area contributed by atoms with Crippen molar-refractivity contribution in [1.82, 2.24) is 5.32 Å². The van der Waals surface area contributed by atoms with Gasteiger partial charge in [0.25, 0.3) is 0 Å². The van der Waals surface area contributed by atoms with Crippen molar-refractivity contribution < 1.29 is 4.79 Å². The number of carbonyl (C=O) groups excluding carboxylic acids is 1. The number of amides is 1. The number of benzene rings is 1. The molecule has 1 aliphatic rings. The standard InChI is InChI=1S/C15H22N2O/c1-10(17-11(2)15(16)18)13-8-7-12-5-3-4-6-14(12)9-13/h7-11,17H,3-6H2,1-2H3,(H2,16,18)/t10-,11+/m1/s1. The van der Waals surface area contributed by atoms with E-state index in [9.17, 15) is 4.79 Å². The molecule has 1 amide bonds. The van der Waals surface area contributed by atoms with E-state index in [1.807, 2.05) is 0 Å². The van der Waals surface area contributed by atoms with E-state index in [2.05, 4.69) is 30.4 Å². The van der Waals surface area contributed by atoms with Gasteiger partial charge < -0.3 is 5.73 Å². The molecule has 0 heterocycles. The van der Waals surface area contributed by atoms with Crippen molar-refractivity contribution in [2.75, 3.05) is 0 Å². The van der Waals surface area contributed by atoms with E-state index in [4.69, 9.17) is 5.73 Å². The summed E-state index contributed by atoms with van der Waals surface area (Å²) in [7, 11) is 0. The molecule has 0 spiro atoms. The fraction of sp³-hybridized carbons (Fsp3) is 0.533. The lowest BCUT2D eigenvalue weighted by Crippen LogP contribution is -2.40. The smallest absolute Gasteiger partial charge is 0.234 e. The van der Waals surface area contributed by atoms with Gasteiger partial charge >= 0.3 is 0 Å². The number of fused-ring (bicyclic) bond motifs is 1. The number of rotatable bonds is 4. The number of carbonyl (C=O) groups is 1. The van der Waals surface area contributed by atoms with Crippen LogP contribution in [-0.4, -0.2) is 11.9 Å². The molecule has 0 fully saturated rings. The van der Waals surface area contributed by atoms with Crippen LogP contribution in [0.2, 0.25) is 0 Å². The van der Waals surface area contributed by atoms with E-state index >= 15 is 0 Å². The lowest BCUT2D eigenvalue weighted by atomic mass is 9.89. The lowest BCUT2D eigenvalue weighted by Gasteiger charge is -2.21. The number of hydrogen-bond donors (Lipinski definition) is 2. The van der Waals surface area contributed by atoms with E-state index < -0.39 is 0 Å². The quantitative estimate of drug-likeness (QED) is 0.854. The number of nitrogens with one attached hydrogen (secondary N) is 1. The van der Waals surface area contributed by atoms with Crippen LogP contribution in [0.25, 0.3) is 0 Å². The molecule has 0 aromatic heterocycles. The van der Waals surface area contributed by atoms with Gasteiger partial charge in [-0.3, -0.25) is 10.1 Å². The predicted octanol–water partition coefficient (Wildman–Crippen LogP) is 2.09. The Morgan fingerprint density at radius 1 is 1.22 bits per heavy atom. The maximum atomic E-state index is 11.1. The first-order valence-corrected chi connectivity index (χ1v) is 6.75. The zero-order valence-electron chi connectivity index (χ0n) is 11.2. The fourth-order valence-corrected chi connectivity index (χ4v) is 2.58. The number of primary amides is 1. The maximum Gasteiger partial charge on any atom is 0.234 e. The van der Waals surface area contributed by atoms with E-state index in [1.54, 1.807) is 6.92 Å². The van der Waals surface area contributed by atoms with Crippen molar-refractivity contribution in [2.45, 2.75) is 51.6 Å². The Morgan fingerprint density at radius 3 is 2.56 bits per heavy atom. The Hall–Kier alpha value is -1.35. The summed E-state index contributed by atoms with van der Waals surface area (Å²) in [6.45, 7) is 3.88. The van der Waals surface area contributed by atoms with Crippen molar-refractivity contribution in [3.63, 3.8) is 0 Å². The second-order valence-electron chi connectivity index (χ2n) is 5.25. The van der Waals surface area contributed by atoms with Crippen LogP contribution in [0.1, 0.15) is 49.4 Å². The normalized spacial score (nSPS) is 17.9.